The van der Waals surface area contributed by atoms with E-state index in [1.165, 1.54) is 12.1 Å². The van der Waals surface area contributed by atoms with Crippen LogP contribution in [-0.4, -0.2) is 19.2 Å². The van der Waals surface area contributed by atoms with E-state index < -0.39 is 10.0 Å². The molecule has 0 radical (unpaired) electrons. The smallest absolute Gasteiger partial charge is 0.238 e. The van der Waals surface area contributed by atoms with Gasteiger partial charge in [0.2, 0.25) is 10.0 Å². The summed E-state index contributed by atoms with van der Waals surface area (Å²) in [6.07, 6.45) is 3.51. The predicted molar refractivity (Wildman–Crippen MR) is 129 cm³/mol. The molecule has 0 aliphatic carbocycles. The number of rotatable bonds is 5. The fraction of sp³-hybridized carbons (Fsp3) is 0. The molecule has 158 valence electrons. The van der Waals surface area contributed by atoms with Crippen LogP contribution < -0.4 is 5.14 Å². The Labute approximate surface area is 194 Å². The molecule has 2 N–H and O–H groups in total. The Bertz CT molecular complexity index is 1450. The summed E-state index contributed by atoms with van der Waals surface area (Å²) in [5, 5.41) is 15.2. The van der Waals surface area contributed by atoms with Crippen molar-refractivity contribution in [1.29, 1.82) is 5.26 Å². The van der Waals surface area contributed by atoms with E-state index >= 15 is 0 Å². The number of hydrogen-bond acceptors (Lipinski definition) is 4. The van der Waals surface area contributed by atoms with Crippen LogP contribution in [0.4, 0.5) is 5.82 Å². The van der Waals surface area contributed by atoms with Crippen LogP contribution in [0.5, 0.6) is 0 Å². The molecule has 6 nitrogen and oxygen atoms in total. The van der Waals surface area contributed by atoms with Crippen molar-refractivity contribution in [2.45, 2.75) is 4.90 Å². The Morgan fingerprint density at radius 1 is 1.00 bits per heavy atom. The Morgan fingerprint density at radius 3 is 2.34 bits per heavy atom. The number of hydrogen-bond donors (Lipinski definition) is 1. The molecule has 1 aromatic heterocycles. The summed E-state index contributed by atoms with van der Waals surface area (Å²) in [6.45, 7) is 0. The second kappa shape index (κ2) is 8.93. The summed E-state index contributed by atoms with van der Waals surface area (Å²) in [6, 6.07) is 25.6. The molecule has 8 heteroatoms. The van der Waals surface area contributed by atoms with Crippen LogP contribution in [-0.2, 0) is 10.0 Å². The highest BCUT2D eigenvalue weighted by Crippen LogP contribution is 2.35. The second-order valence-electron chi connectivity index (χ2n) is 6.94. The van der Waals surface area contributed by atoms with E-state index in [0.717, 1.165) is 21.2 Å². The Morgan fingerprint density at radius 2 is 1.72 bits per heavy atom. The zero-order valence-corrected chi connectivity index (χ0v) is 19.1. The number of halogens is 1. The van der Waals surface area contributed by atoms with Crippen LogP contribution >= 0.6 is 15.9 Å². The predicted octanol–water partition coefficient (Wildman–Crippen LogP) is 5.18. The quantitative estimate of drug-likeness (QED) is 0.379. The summed E-state index contributed by atoms with van der Waals surface area (Å²) in [5.41, 5.74) is 3.53. The van der Waals surface area contributed by atoms with Crippen molar-refractivity contribution in [2.75, 3.05) is 0 Å². The number of benzene rings is 3. The minimum Gasteiger partial charge on any atom is -0.300 e. The van der Waals surface area contributed by atoms with E-state index in [4.69, 9.17) is 5.14 Å². The molecule has 0 amide bonds. The number of primary sulfonamides is 1. The normalized spacial score (nSPS) is 11.5. The molecule has 0 aliphatic rings. The van der Waals surface area contributed by atoms with Crippen LogP contribution in [0.1, 0.15) is 11.1 Å². The van der Waals surface area contributed by atoms with Gasteiger partial charge in [0, 0.05) is 28.1 Å². The Hall–Kier alpha value is -3.51. The van der Waals surface area contributed by atoms with Crippen LogP contribution in [0, 0.1) is 11.3 Å². The summed E-state index contributed by atoms with van der Waals surface area (Å²) < 4.78 is 25.9. The van der Waals surface area contributed by atoms with E-state index in [-0.39, 0.29) is 4.90 Å². The molecular weight excluding hydrogens is 488 g/mol. The molecule has 0 bridgehead atoms. The zero-order chi connectivity index (χ0) is 22.7. The van der Waals surface area contributed by atoms with Crippen LogP contribution in [0.3, 0.4) is 0 Å². The lowest BCUT2D eigenvalue weighted by Crippen LogP contribution is -2.11. The first kappa shape index (κ1) is 21.7. The average Bonchev–Trinajstić information content (AvgIpc) is 3.16. The highest BCUT2D eigenvalue weighted by atomic mass is 79.9. The van der Waals surface area contributed by atoms with Gasteiger partial charge in [-0.15, -0.1) is 0 Å². The lowest BCUT2D eigenvalue weighted by Gasteiger charge is -2.07. The van der Waals surface area contributed by atoms with Crippen molar-refractivity contribution < 1.29 is 8.42 Å². The molecule has 4 rings (SSSR count). The molecule has 32 heavy (non-hydrogen) atoms. The van der Waals surface area contributed by atoms with Gasteiger partial charge in [0.05, 0.1) is 4.90 Å². The van der Waals surface area contributed by atoms with Crippen LogP contribution in [0.2, 0.25) is 0 Å². The van der Waals surface area contributed by atoms with Gasteiger partial charge < -0.3 is 4.57 Å². The van der Waals surface area contributed by atoms with E-state index in [9.17, 15) is 13.7 Å². The molecule has 1 heterocycles. The number of nitrogens with zero attached hydrogens (tertiary/aromatic N) is 3. The highest BCUT2D eigenvalue weighted by molar-refractivity contribution is 9.10. The number of nitriles is 1. The van der Waals surface area contributed by atoms with Crippen molar-refractivity contribution in [3.05, 3.63) is 101 Å². The first-order valence-electron chi connectivity index (χ1n) is 9.50. The van der Waals surface area contributed by atoms with Gasteiger partial charge in [0.25, 0.3) is 0 Å². The number of aromatic nitrogens is 1. The van der Waals surface area contributed by atoms with Gasteiger partial charge in [0.1, 0.15) is 11.6 Å². The van der Waals surface area contributed by atoms with Gasteiger partial charge in [-0.3, -0.25) is 0 Å². The maximum absolute atomic E-state index is 11.6. The maximum atomic E-state index is 11.6. The van der Waals surface area contributed by atoms with Gasteiger partial charge in [0.15, 0.2) is 5.82 Å². The van der Waals surface area contributed by atoms with Crippen molar-refractivity contribution in [3.8, 4) is 22.9 Å². The van der Waals surface area contributed by atoms with Gasteiger partial charge in [-0.1, -0.05) is 58.4 Å². The Balaban J connectivity index is 1.90. The molecule has 0 unspecified atom stereocenters. The minimum atomic E-state index is -3.81. The minimum absolute atomic E-state index is 0.0105. The van der Waals surface area contributed by atoms with Gasteiger partial charge >= 0.3 is 0 Å². The molecule has 4 aromatic rings. The van der Waals surface area contributed by atoms with Crippen molar-refractivity contribution >= 4 is 38.0 Å². The molecule has 0 spiro atoms. The van der Waals surface area contributed by atoms with E-state index in [1.54, 1.807) is 22.9 Å². The van der Waals surface area contributed by atoms with Crippen LogP contribution in [0.15, 0.2) is 99.4 Å². The molecule has 3 aromatic carbocycles. The van der Waals surface area contributed by atoms with Crippen molar-refractivity contribution in [2.24, 2.45) is 10.1 Å². The monoisotopic (exact) mass is 504 g/mol. The first-order chi connectivity index (χ1) is 15.4. The highest BCUT2D eigenvalue weighted by Gasteiger charge is 2.18. The standard InChI is InChI=1S/C24H17BrN4O2S/c25-19-8-4-5-17(13-19)15-28-24-22(14-26)23(18-6-2-1-3-7-18)16-29(24)20-9-11-21(12-10-20)32(27,30)31/h1-13,15-16H,(H2,27,30,31)/b28-15+. The van der Waals surface area contributed by atoms with E-state index in [2.05, 4.69) is 27.0 Å². The Kier molecular flexibility index (Phi) is 6.06. The van der Waals surface area contributed by atoms with Crippen molar-refractivity contribution in [3.63, 3.8) is 0 Å². The first-order valence-corrected chi connectivity index (χ1v) is 11.8. The van der Waals surface area contributed by atoms with Crippen molar-refractivity contribution in [1.82, 2.24) is 4.57 Å². The van der Waals surface area contributed by atoms with Crippen LogP contribution in [0.25, 0.3) is 16.8 Å². The molecule has 0 saturated heterocycles. The molecule has 0 fully saturated rings. The summed E-state index contributed by atoms with van der Waals surface area (Å²) in [7, 11) is -3.81. The summed E-state index contributed by atoms with van der Waals surface area (Å²) in [5.74, 6) is 0.440. The lowest BCUT2D eigenvalue weighted by atomic mass is 10.1. The van der Waals surface area contributed by atoms with E-state index in [0.29, 0.717) is 17.1 Å². The molecular formula is C24H17BrN4O2S. The summed E-state index contributed by atoms with van der Waals surface area (Å²) in [4.78, 5) is 4.64. The lowest BCUT2D eigenvalue weighted by molar-refractivity contribution is 0.598. The number of sulfonamides is 1. The third kappa shape index (κ3) is 4.55. The molecule has 0 aliphatic heterocycles. The summed E-state index contributed by atoms with van der Waals surface area (Å²) >= 11 is 3.45. The average molecular weight is 505 g/mol. The second-order valence-corrected chi connectivity index (χ2v) is 9.42. The molecule has 0 atom stereocenters. The topological polar surface area (TPSA) is 101 Å². The third-order valence-electron chi connectivity index (χ3n) is 4.80. The van der Waals surface area contributed by atoms with Gasteiger partial charge in [-0.2, -0.15) is 5.26 Å². The SMILES string of the molecule is N#Cc1c(-c2ccccc2)cn(-c2ccc(S(N)(=O)=O)cc2)c1/N=C/c1cccc(Br)c1. The van der Waals surface area contributed by atoms with Gasteiger partial charge in [-0.05, 0) is 47.5 Å². The largest absolute Gasteiger partial charge is 0.300 e. The molecule has 0 saturated carbocycles. The number of nitrogens with two attached hydrogens (primary N) is 1. The third-order valence-corrected chi connectivity index (χ3v) is 6.23. The maximum Gasteiger partial charge on any atom is 0.238 e. The van der Waals surface area contributed by atoms with E-state index in [1.807, 2.05) is 60.8 Å². The number of aliphatic imine (C=N–C) groups is 1. The zero-order valence-electron chi connectivity index (χ0n) is 16.7. The van der Waals surface area contributed by atoms with Gasteiger partial charge in [-0.25, -0.2) is 18.5 Å². The fourth-order valence-electron chi connectivity index (χ4n) is 3.29. The fourth-order valence-corrected chi connectivity index (χ4v) is 4.22.